The molecule has 0 unspecified atom stereocenters. The lowest BCUT2D eigenvalue weighted by Crippen LogP contribution is -2.29. The Labute approximate surface area is 159 Å². The van der Waals surface area contributed by atoms with E-state index in [4.69, 9.17) is 0 Å². The van der Waals surface area contributed by atoms with Crippen LogP contribution in [0.3, 0.4) is 0 Å². The highest BCUT2D eigenvalue weighted by Crippen LogP contribution is 2.24. The zero-order valence-electron chi connectivity index (χ0n) is 16.5. The van der Waals surface area contributed by atoms with Crippen molar-refractivity contribution in [1.29, 1.82) is 0 Å². The lowest BCUT2D eigenvalue weighted by Gasteiger charge is -2.09. The number of rotatable bonds is 11. The first-order valence-electron chi connectivity index (χ1n) is 9.78. The van der Waals surface area contributed by atoms with Gasteiger partial charge in [-0.25, -0.2) is 9.78 Å². The summed E-state index contributed by atoms with van der Waals surface area (Å²) < 4.78 is 3.44. The quantitative estimate of drug-likeness (QED) is 0.474. The third-order valence-corrected chi connectivity index (χ3v) is 5.64. The van der Waals surface area contributed by atoms with Gasteiger partial charge in [0.25, 0.3) is 5.56 Å². The largest absolute Gasteiger partial charge is 0.329 e. The fourth-order valence-electron chi connectivity index (χ4n) is 2.97. The van der Waals surface area contributed by atoms with Gasteiger partial charge in [-0.3, -0.25) is 14.3 Å². The average Bonchev–Trinajstić information content (AvgIpc) is 2.95. The van der Waals surface area contributed by atoms with Crippen molar-refractivity contribution in [3.8, 4) is 0 Å². The molecule has 26 heavy (non-hydrogen) atoms. The summed E-state index contributed by atoms with van der Waals surface area (Å²) in [5.41, 5.74) is 0.257. The summed E-state index contributed by atoms with van der Waals surface area (Å²) in [5.74, 6) is 1.59. The second-order valence-corrected chi connectivity index (χ2v) is 8.40. The SMILES string of the molecule is CCCCCCCCn1c(SCCC(C)C)nc2c1c(=O)[nH]c(=O)n2C. The van der Waals surface area contributed by atoms with Crippen molar-refractivity contribution in [3.63, 3.8) is 0 Å². The van der Waals surface area contributed by atoms with Crippen molar-refractivity contribution in [1.82, 2.24) is 19.1 Å². The van der Waals surface area contributed by atoms with E-state index in [0.29, 0.717) is 17.1 Å². The monoisotopic (exact) mass is 380 g/mol. The molecular weight excluding hydrogens is 348 g/mol. The van der Waals surface area contributed by atoms with E-state index in [-0.39, 0.29) is 5.56 Å². The maximum Gasteiger partial charge on any atom is 0.329 e. The number of hydrogen-bond acceptors (Lipinski definition) is 4. The molecule has 146 valence electrons. The van der Waals surface area contributed by atoms with Gasteiger partial charge in [-0.1, -0.05) is 64.6 Å². The second-order valence-electron chi connectivity index (χ2n) is 7.34. The average molecular weight is 381 g/mol. The van der Waals surface area contributed by atoms with Crippen LogP contribution in [0.5, 0.6) is 0 Å². The van der Waals surface area contributed by atoms with Gasteiger partial charge in [-0.15, -0.1) is 0 Å². The number of nitrogens with one attached hydrogen (secondary N) is 1. The maximum atomic E-state index is 12.4. The van der Waals surface area contributed by atoms with Crippen LogP contribution in [-0.4, -0.2) is 24.9 Å². The fourth-order valence-corrected chi connectivity index (χ4v) is 4.23. The number of imidazole rings is 1. The zero-order chi connectivity index (χ0) is 19.1. The summed E-state index contributed by atoms with van der Waals surface area (Å²) in [5, 5.41) is 0.848. The summed E-state index contributed by atoms with van der Waals surface area (Å²) in [6, 6.07) is 0. The van der Waals surface area contributed by atoms with Crippen LogP contribution in [0.25, 0.3) is 11.2 Å². The Morgan fingerprint density at radius 2 is 1.81 bits per heavy atom. The predicted octanol–water partition coefficient (Wildman–Crippen LogP) is 3.92. The minimum absolute atomic E-state index is 0.336. The first-order valence-corrected chi connectivity index (χ1v) is 10.8. The Morgan fingerprint density at radius 3 is 2.50 bits per heavy atom. The standard InChI is InChI=1S/C19H32N4O2S/c1-5-6-7-8-9-10-12-23-15-16(22(4)18(25)21-17(15)24)20-19(23)26-13-11-14(2)3/h14H,5-13H2,1-4H3,(H,21,24,25). The molecule has 0 aliphatic rings. The summed E-state index contributed by atoms with van der Waals surface area (Å²) in [6.07, 6.45) is 8.30. The van der Waals surface area contributed by atoms with Gasteiger partial charge in [-0.05, 0) is 18.8 Å². The van der Waals surface area contributed by atoms with E-state index in [1.165, 1.54) is 30.3 Å². The molecule has 0 saturated carbocycles. The van der Waals surface area contributed by atoms with Gasteiger partial charge in [0.05, 0.1) is 0 Å². The van der Waals surface area contributed by atoms with Crippen LogP contribution < -0.4 is 11.2 Å². The van der Waals surface area contributed by atoms with Crippen LogP contribution in [0.2, 0.25) is 0 Å². The van der Waals surface area contributed by atoms with Crippen molar-refractivity contribution >= 4 is 22.9 Å². The fraction of sp³-hybridized carbons (Fsp3) is 0.737. The van der Waals surface area contributed by atoms with Gasteiger partial charge in [0.1, 0.15) is 0 Å². The minimum Gasteiger partial charge on any atom is -0.313 e. The molecule has 2 aromatic heterocycles. The summed E-state index contributed by atoms with van der Waals surface area (Å²) in [7, 11) is 1.66. The molecule has 6 nitrogen and oxygen atoms in total. The van der Waals surface area contributed by atoms with E-state index < -0.39 is 5.69 Å². The molecule has 2 aromatic rings. The van der Waals surface area contributed by atoms with Crippen molar-refractivity contribution in [2.45, 2.75) is 77.4 Å². The van der Waals surface area contributed by atoms with Gasteiger partial charge in [0, 0.05) is 19.3 Å². The van der Waals surface area contributed by atoms with Crippen LogP contribution in [0.4, 0.5) is 0 Å². The highest BCUT2D eigenvalue weighted by Gasteiger charge is 2.17. The Hall–Kier alpha value is -1.50. The molecule has 2 heterocycles. The minimum atomic E-state index is -0.412. The third-order valence-electron chi connectivity index (χ3n) is 4.63. The van der Waals surface area contributed by atoms with Crippen LogP contribution >= 0.6 is 11.8 Å². The van der Waals surface area contributed by atoms with E-state index in [0.717, 1.165) is 36.7 Å². The Balaban J connectivity index is 2.23. The summed E-state index contributed by atoms with van der Waals surface area (Å²) in [4.78, 5) is 31.3. The molecule has 0 bridgehead atoms. The molecule has 0 aliphatic heterocycles. The van der Waals surface area contributed by atoms with Gasteiger partial charge in [-0.2, -0.15) is 0 Å². The number of aromatic nitrogens is 4. The lowest BCUT2D eigenvalue weighted by molar-refractivity contribution is 0.543. The molecule has 0 radical (unpaired) electrons. The molecule has 0 fully saturated rings. The van der Waals surface area contributed by atoms with Gasteiger partial charge in [0.15, 0.2) is 16.3 Å². The van der Waals surface area contributed by atoms with Crippen LogP contribution in [0, 0.1) is 5.92 Å². The molecule has 1 N–H and O–H groups in total. The number of unbranched alkanes of at least 4 members (excludes halogenated alkanes) is 5. The van der Waals surface area contributed by atoms with Crippen LogP contribution in [0.15, 0.2) is 14.7 Å². The number of thioether (sulfide) groups is 1. The Kier molecular flexibility index (Phi) is 8.00. The lowest BCUT2D eigenvalue weighted by atomic mass is 10.1. The topological polar surface area (TPSA) is 72.7 Å². The molecule has 7 heteroatoms. The highest BCUT2D eigenvalue weighted by molar-refractivity contribution is 7.99. The number of H-pyrrole nitrogens is 1. The molecule has 0 atom stereocenters. The van der Waals surface area contributed by atoms with E-state index in [9.17, 15) is 9.59 Å². The van der Waals surface area contributed by atoms with Gasteiger partial charge < -0.3 is 4.57 Å². The maximum absolute atomic E-state index is 12.4. The normalized spacial score (nSPS) is 11.7. The van der Waals surface area contributed by atoms with Crippen molar-refractivity contribution in [2.24, 2.45) is 13.0 Å². The molecule has 0 aliphatic carbocycles. The number of hydrogen-bond donors (Lipinski definition) is 1. The van der Waals surface area contributed by atoms with Gasteiger partial charge in [0.2, 0.25) is 0 Å². The zero-order valence-corrected chi connectivity index (χ0v) is 17.3. The predicted molar refractivity (Wildman–Crippen MR) is 109 cm³/mol. The van der Waals surface area contributed by atoms with Gasteiger partial charge >= 0.3 is 5.69 Å². The summed E-state index contributed by atoms with van der Waals surface area (Å²) >= 11 is 1.68. The van der Waals surface area contributed by atoms with Crippen molar-refractivity contribution in [2.75, 3.05) is 5.75 Å². The number of fused-ring (bicyclic) bond motifs is 1. The molecule has 0 spiro atoms. The van der Waals surface area contributed by atoms with Crippen LogP contribution in [-0.2, 0) is 13.6 Å². The first kappa shape index (κ1) is 20.8. The van der Waals surface area contributed by atoms with Crippen molar-refractivity contribution < 1.29 is 0 Å². The van der Waals surface area contributed by atoms with E-state index >= 15 is 0 Å². The Bertz CT molecular complexity index is 819. The van der Waals surface area contributed by atoms with E-state index in [1.807, 2.05) is 4.57 Å². The Morgan fingerprint density at radius 1 is 1.12 bits per heavy atom. The molecule has 0 aromatic carbocycles. The highest BCUT2D eigenvalue weighted by atomic mass is 32.2. The first-order chi connectivity index (χ1) is 12.5. The molecule has 2 rings (SSSR count). The second kappa shape index (κ2) is 10.00. The third kappa shape index (κ3) is 5.25. The molecular formula is C19H32N4O2S. The smallest absolute Gasteiger partial charge is 0.313 e. The van der Waals surface area contributed by atoms with E-state index in [1.54, 1.807) is 18.8 Å². The molecule has 0 saturated heterocycles. The van der Waals surface area contributed by atoms with Crippen LogP contribution in [0.1, 0.15) is 65.7 Å². The number of aryl methyl sites for hydroxylation is 2. The van der Waals surface area contributed by atoms with E-state index in [2.05, 4.69) is 30.7 Å². The number of aromatic amines is 1. The number of nitrogens with zero attached hydrogens (tertiary/aromatic N) is 3. The summed E-state index contributed by atoms with van der Waals surface area (Å²) in [6.45, 7) is 7.39. The molecule has 0 amide bonds. The van der Waals surface area contributed by atoms with Crippen molar-refractivity contribution in [3.05, 3.63) is 20.8 Å².